The predicted molar refractivity (Wildman–Crippen MR) is 308 cm³/mol. The molecule has 6 amide bonds. The van der Waals surface area contributed by atoms with E-state index < -0.39 is 76.5 Å². The van der Waals surface area contributed by atoms with Crippen LogP contribution in [0, 0.1) is 17.3 Å². The first-order valence-corrected chi connectivity index (χ1v) is 30.3. The zero-order valence-electron chi connectivity index (χ0n) is 47.6. The average molecular weight is 1190 g/mol. The summed E-state index contributed by atoms with van der Waals surface area (Å²) in [7, 11) is 5.95. The summed E-state index contributed by atoms with van der Waals surface area (Å²) in [5.41, 5.74) is 0.0363. The molecule has 442 valence electrons. The minimum Gasteiger partial charge on any atom is -0.495 e. The summed E-state index contributed by atoms with van der Waals surface area (Å²) in [6, 6.07) is 2.45. The van der Waals surface area contributed by atoms with Crippen LogP contribution in [0.3, 0.4) is 0 Å². The van der Waals surface area contributed by atoms with E-state index in [9.17, 15) is 38.7 Å². The van der Waals surface area contributed by atoms with E-state index in [4.69, 9.17) is 44.9 Å². The van der Waals surface area contributed by atoms with Crippen molar-refractivity contribution in [1.82, 2.24) is 20.4 Å². The van der Waals surface area contributed by atoms with Crippen LogP contribution in [-0.2, 0) is 63.7 Å². The maximum atomic E-state index is 14.5. The zero-order valence-corrected chi connectivity index (χ0v) is 50.8. The van der Waals surface area contributed by atoms with Crippen LogP contribution in [0.1, 0.15) is 72.8 Å². The molecule has 1 aromatic carbocycles. The third kappa shape index (κ3) is 19.3. The Balaban J connectivity index is 1.36. The van der Waals surface area contributed by atoms with Crippen LogP contribution in [0.4, 0.5) is 10.5 Å². The van der Waals surface area contributed by atoms with Crippen LogP contribution in [0.15, 0.2) is 41.1 Å². The molecule has 4 rings (SSSR count). The number of oxime groups is 1. The van der Waals surface area contributed by atoms with Gasteiger partial charge in [-0.3, -0.25) is 34.2 Å². The van der Waals surface area contributed by atoms with Crippen molar-refractivity contribution in [3.63, 3.8) is 0 Å². The molecule has 0 aromatic heterocycles. The number of carbonyl (C=O) groups excluding carboxylic acids is 7. The second-order valence-corrected chi connectivity index (χ2v) is 23.8. The molecule has 2 fully saturated rings. The van der Waals surface area contributed by atoms with E-state index in [-0.39, 0.29) is 100 Å². The van der Waals surface area contributed by atoms with Crippen molar-refractivity contribution in [2.24, 2.45) is 22.4 Å². The van der Waals surface area contributed by atoms with Gasteiger partial charge in [0.1, 0.15) is 35.1 Å². The molecule has 0 radical (unpaired) electrons. The van der Waals surface area contributed by atoms with Crippen molar-refractivity contribution in [3.8, 4) is 5.75 Å². The minimum absolute atomic E-state index is 0.0322. The fourth-order valence-corrected chi connectivity index (χ4v) is 11.7. The molecule has 3 heterocycles. The number of hydrogen-bond acceptors (Lipinski definition) is 19. The van der Waals surface area contributed by atoms with Crippen molar-refractivity contribution < 1.29 is 71.9 Å². The third-order valence-electron chi connectivity index (χ3n) is 14.6. The number of thioether (sulfide) groups is 3. The SMILES string of the molecule is COc1cc2cc(c1Cl)N(C)C(=O)C[C@H](OC(=O)[C@H](C)N(C)C(=O)CCSC1CC(=O)N(CCOCCOCCNC(=O)CON=C(CSC)CSC)C1=O)C(C)(C)[C@@H](C)C(C)[C@@H]1C[C@@](O)(NC(=O)O1)[C@H](OC)/C=C/C=C(\C)C2. The lowest BCUT2D eigenvalue weighted by molar-refractivity contribution is -0.170. The maximum absolute atomic E-state index is 14.5. The number of allylic oxidation sites excluding steroid dienone is 3. The Kier molecular flexibility index (Phi) is 27.3. The predicted octanol–water partition coefficient (Wildman–Crippen LogP) is 5.52. The van der Waals surface area contributed by atoms with E-state index in [2.05, 4.69) is 15.8 Å². The van der Waals surface area contributed by atoms with Gasteiger partial charge in [0.25, 0.3) is 5.91 Å². The number of nitrogens with zero attached hydrogens (tertiary/aromatic N) is 4. The number of ether oxygens (including phenoxy) is 6. The van der Waals surface area contributed by atoms with Crippen LogP contribution < -0.4 is 20.3 Å². The topological polar surface area (TPSA) is 250 Å². The Labute approximate surface area is 482 Å². The number of amides is 6. The summed E-state index contributed by atoms with van der Waals surface area (Å²) in [4.78, 5) is 103. The Morgan fingerprint density at radius 3 is 2.37 bits per heavy atom. The molecule has 4 bridgehead atoms. The number of alkyl carbamates (subject to hydrolysis) is 1. The maximum Gasteiger partial charge on any atom is 0.409 e. The summed E-state index contributed by atoms with van der Waals surface area (Å²) in [5.74, 6) is -1.63. The van der Waals surface area contributed by atoms with Crippen molar-refractivity contribution >= 4 is 99.9 Å². The molecule has 8 atom stereocenters. The van der Waals surface area contributed by atoms with Crippen LogP contribution in [0.5, 0.6) is 5.75 Å². The lowest BCUT2D eigenvalue weighted by atomic mass is 9.66. The number of esters is 1. The van der Waals surface area contributed by atoms with Crippen LogP contribution in [0.25, 0.3) is 0 Å². The van der Waals surface area contributed by atoms with Gasteiger partial charge < -0.3 is 53.5 Å². The Bertz CT molecular complexity index is 2370. The van der Waals surface area contributed by atoms with Crippen LogP contribution >= 0.6 is 46.9 Å². The highest BCUT2D eigenvalue weighted by atomic mass is 35.5. The molecule has 3 N–H and O–H groups in total. The standard InChI is InChI=1S/C54H81ClN6O15S3/c1-33-14-13-15-43(71-10)54(69)29-41(75-52(68)57-54)34(2)35(3)53(5,6)44(28-47(64)60(8)39-25-37(24-33)26-40(70-9)49(39)55)76-51(67)36(4)59(7)46(63)16-23-79-42-27-48(65)61(50(42)66)18-20-73-22-21-72-19-17-56-45(62)30-74-58-38(31-77-11)32-78-12/h13-15,25-26,34-36,41-44,69H,16-24,27-32H2,1-12H3,(H,56,62)(H,57,68)/b15-13+,33-14+/t34?,35-,36-,41-,42?,43+,44-,54-/m0/s1. The molecule has 3 aliphatic rings. The number of imide groups is 1. The lowest BCUT2D eigenvalue weighted by Gasteiger charge is -2.47. The normalized spacial score (nSPS) is 25.1. The van der Waals surface area contributed by atoms with Gasteiger partial charge >= 0.3 is 12.1 Å². The summed E-state index contributed by atoms with van der Waals surface area (Å²) < 4.78 is 34.5. The van der Waals surface area contributed by atoms with Crippen LogP contribution in [0.2, 0.25) is 5.02 Å². The number of rotatable bonds is 25. The minimum atomic E-state index is -1.86. The quantitative estimate of drug-likeness (QED) is 0.0358. The number of hydrogen-bond donors (Lipinski definition) is 3. The fourth-order valence-electron chi connectivity index (χ4n) is 9.17. The van der Waals surface area contributed by atoms with Gasteiger partial charge in [0.2, 0.25) is 23.6 Å². The summed E-state index contributed by atoms with van der Waals surface area (Å²) in [6.07, 6.45) is 5.38. The van der Waals surface area contributed by atoms with Crippen molar-refractivity contribution in [2.45, 2.75) is 109 Å². The number of aliphatic hydroxyl groups is 1. The molecule has 0 spiro atoms. The van der Waals surface area contributed by atoms with Crippen molar-refractivity contribution in [3.05, 3.63) is 46.5 Å². The molecule has 1 aromatic rings. The van der Waals surface area contributed by atoms with E-state index in [0.29, 0.717) is 17.9 Å². The average Bonchev–Trinajstić information content (AvgIpc) is 3.70. The highest BCUT2D eigenvalue weighted by molar-refractivity contribution is 8.01. The molecule has 25 heteroatoms. The second-order valence-electron chi connectivity index (χ2n) is 20.4. The van der Waals surface area contributed by atoms with E-state index in [1.54, 1.807) is 54.9 Å². The highest BCUT2D eigenvalue weighted by Crippen LogP contribution is 2.44. The number of fused-ring (bicyclic) bond motifs is 4. The number of nitrogens with one attached hydrogen (secondary N) is 2. The molecule has 21 nitrogen and oxygen atoms in total. The van der Waals surface area contributed by atoms with Gasteiger partial charge in [-0.1, -0.05) is 68.3 Å². The highest BCUT2D eigenvalue weighted by Gasteiger charge is 2.50. The zero-order chi connectivity index (χ0) is 58.6. The van der Waals surface area contributed by atoms with Gasteiger partial charge in [-0.15, -0.1) is 11.8 Å². The Morgan fingerprint density at radius 2 is 1.71 bits per heavy atom. The smallest absolute Gasteiger partial charge is 0.409 e. The molecule has 3 aliphatic heterocycles. The largest absolute Gasteiger partial charge is 0.495 e. The number of benzene rings is 1. The molecule has 0 saturated carbocycles. The van der Waals surface area contributed by atoms with E-state index in [0.717, 1.165) is 33.3 Å². The fraction of sp³-hybridized carbons (Fsp3) is 0.667. The molecule has 0 aliphatic carbocycles. The number of likely N-dealkylation sites (N-methyl/N-ethyl adjacent to an activating group) is 1. The van der Waals surface area contributed by atoms with Gasteiger partial charge in [0.05, 0.1) is 63.2 Å². The van der Waals surface area contributed by atoms with E-state index in [1.165, 1.54) is 49.8 Å². The van der Waals surface area contributed by atoms with Gasteiger partial charge in [-0.2, -0.15) is 23.5 Å². The van der Waals surface area contributed by atoms with Gasteiger partial charge in [-0.05, 0) is 62.3 Å². The van der Waals surface area contributed by atoms with Gasteiger partial charge in [0.15, 0.2) is 12.3 Å². The number of anilines is 1. The van der Waals surface area contributed by atoms with E-state index in [1.807, 2.05) is 53.2 Å². The molecular formula is C54H81ClN6O15S3. The monoisotopic (exact) mass is 1180 g/mol. The van der Waals surface area contributed by atoms with Crippen molar-refractivity contribution in [2.75, 3.05) is 109 Å². The first kappa shape index (κ1) is 66.9. The third-order valence-corrected chi connectivity index (χ3v) is 17.4. The van der Waals surface area contributed by atoms with Crippen molar-refractivity contribution in [1.29, 1.82) is 0 Å². The molecular weight excluding hydrogens is 1100 g/mol. The second kappa shape index (κ2) is 32.2. The summed E-state index contributed by atoms with van der Waals surface area (Å²) in [5, 5.41) is 20.7. The number of halogens is 1. The number of carbonyl (C=O) groups is 7. The van der Waals surface area contributed by atoms with Gasteiger partial charge in [0, 0.05) is 69.7 Å². The Hall–Kier alpha value is -4.56. The summed E-state index contributed by atoms with van der Waals surface area (Å²) in [6.45, 7) is 11.8. The van der Waals surface area contributed by atoms with Gasteiger partial charge in [-0.25, -0.2) is 9.59 Å². The lowest BCUT2D eigenvalue weighted by Crippen LogP contribution is -2.63. The van der Waals surface area contributed by atoms with Crippen LogP contribution in [-0.4, -0.2) is 202 Å². The molecule has 2 unspecified atom stereocenters. The first-order valence-electron chi connectivity index (χ1n) is 26.1. The molecule has 79 heavy (non-hydrogen) atoms. The Morgan fingerprint density at radius 1 is 1.03 bits per heavy atom. The number of likely N-dealkylation sites (tertiary alicyclic amines) is 1. The molecule has 2 saturated heterocycles. The summed E-state index contributed by atoms with van der Waals surface area (Å²) >= 11 is 11.3. The van der Waals surface area contributed by atoms with E-state index >= 15 is 0 Å². The first-order chi connectivity index (χ1) is 37.4. The number of methoxy groups -OCH3 is 2.